The number of rotatable bonds is 9. The maximum absolute atomic E-state index is 12.9. The molecule has 9 heteroatoms. The Labute approximate surface area is 681 Å². The number of para-hydroxylation sites is 5. The first-order valence-electron chi connectivity index (χ1n) is 43.9. The molecule has 16 aromatic carbocycles. The predicted molar refractivity (Wildman–Crippen MR) is 481 cm³/mol. The molecule has 2 aliphatic heterocycles. The number of hydrogen-bond acceptors (Lipinski definition) is 4. The van der Waals surface area contributed by atoms with Crippen LogP contribution in [0, 0.1) is 22.7 Å². The van der Waals surface area contributed by atoms with Gasteiger partial charge in [0.25, 0.3) is 6.71 Å². The molecule has 4 aromatic heterocycles. The summed E-state index contributed by atoms with van der Waals surface area (Å²) in [6.07, 6.45) is 0. The molecule has 0 saturated heterocycles. The Hall–Kier alpha value is -14.6. The summed E-state index contributed by atoms with van der Waals surface area (Å²) in [4.78, 5) is 4.35. The molecule has 0 N–H and O–H groups in total. The van der Waals surface area contributed by atoms with E-state index >= 15 is 0 Å². The van der Waals surface area contributed by atoms with E-state index in [9.17, 15) is 21.5 Å². The molecule has 6 heterocycles. The van der Waals surface area contributed by atoms with Crippen molar-refractivity contribution in [3.8, 4) is 68.3 Å². The standard InChI is InChI=1S/C106H75BN8/c1-105(2,3)73-45-52-94-84(58-73)85-59-74(106(4,5)6)46-53-95(85)110(94)76-48-51-88-101(61-76)111(75-47-42-71(64-108)96(60-75)113-90-38-22-17-32-78(90)79-33-18-23-39-91(79)113)102-62-77(112-89-37-21-16-36-82(89)83-49-43-69(54-97(83)112)66-26-10-7-11-27-66)63-103-104(102)107(88)87-50-44-70(67-28-12-8-13-29-67)55-100(87)115(103)99-57-72(68-30-14-9-15-31-68)56-98(86(99)65-109)114-92-40-24-19-34-80(92)81-35-20-25-41-93(81)114/h7-63H,1-6H3/i8D,9D,12D,13D,14D,15D,28D,29D,30D,31D. The molecule has 20 aromatic rings. The van der Waals surface area contributed by atoms with Gasteiger partial charge in [-0.25, -0.2) is 0 Å². The Morgan fingerprint density at radius 2 is 0.696 bits per heavy atom. The molecule has 542 valence electrons. The van der Waals surface area contributed by atoms with Gasteiger partial charge in [-0.05, 0) is 193 Å². The lowest BCUT2D eigenvalue weighted by Gasteiger charge is -2.45. The first kappa shape index (κ1) is 57.4. The molecule has 8 nitrogen and oxygen atoms in total. The van der Waals surface area contributed by atoms with Crippen LogP contribution in [0.4, 0.5) is 34.1 Å². The zero-order chi connectivity index (χ0) is 86.0. The van der Waals surface area contributed by atoms with Crippen molar-refractivity contribution in [1.29, 1.82) is 10.5 Å². The predicted octanol–water partition coefficient (Wildman–Crippen LogP) is 25.5. The quantitative estimate of drug-likeness (QED) is 0.135. The minimum Gasteiger partial charge on any atom is -0.311 e. The molecule has 0 unspecified atom stereocenters. The number of nitrogens with zero attached hydrogens (tertiary/aromatic N) is 8. The van der Waals surface area contributed by atoms with Gasteiger partial charge in [0, 0.05) is 77.2 Å². The molecule has 0 amide bonds. The van der Waals surface area contributed by atoms with Gasteiger partial charge in [0.1, 0.15) is 17.7 Å². The van der Waals surface area contributed by atoms with Crippen LogP contribution >= 0.6 is 0 Å². The Bertz CT molecular complexity index is 8040. The summed E-state index contributed by atoms with van der Waals surface area (Å²) in [7, 11) is 0. The van der Waals surface area contributed by atoms with E-state index in [2.05, 4.69) is 212 Å². The van der Waals surface area contributed by atoms with Crippen LogP contribution in [0.3, 0.4) is 0 Å². The lowest BCUT2D eigenvalue weighted by molar-refractivity contribution is 0.590. The van der Waals surface area contributed by atoms with Crippen molar-refractivity contribution in [2.24, 2.45) is 0 Å². The number of hydrogen-bond donors (Lipinski definition) is 0. The summed E-state index contributed by atoms with van der Waals surface area (Å²) >= 11 is 0. The van der Waals surface area contributed by atoms with Gasteiger partial charge >= 0.3 is 0 Å². The molecule has 0 saturated carbocycles. The van der Waals surface area contributed by atoms with Gasteiger partial charge in [-0.3, -0.25) is 0 Å². The summed E-state index contributed by atoms with van der Waals surface area (Å²) in [6.45, 7) is 12.7. The van der Waals surface area contributed by atoms with Crippen LogP contribution in [0.1, 0.15) is 77.5 Å². The van der Waals surface area contributed by atoms with E-state index in [0.717, 1.165) is 121 Å². The Morgan fingerprint density at radius 3 is 1.24 bits per heavy atom. The van der Waals surface area contributed by atoms with Crippen molar-refractivity contribution in [2.75, 3.05) is 9.80 Å². The van der Waals surface area contributed by atoms with Crippen LogP contribution in [0.25, 0.3) is 143 Å². The normalized spacial score (nSPS) is 13.9. The van der Waals surface area contributed by atoms with Gasteiger partial charge in [-0.1, -0.05) is 266 Å². The first-order chi connectivity index (χ1) is 60.4. The van der Waals surface area contributed by atoms with Gasteiger partial charge in [-0.15, -0.1) is 0 Å². The van der Waals surface area contributed by atoms with E-state index in [1.165, 1.54) is 11.1 Å². The fourth-order valence-electron chi connectivity index (χ4n) is 18.5. The SMILES string of the molecule is [2H]c1c([2H])c([2H])c(-c2ccc3c(c2)N(c2cc(-c4c([2H])c([2H])c([2H])c([2H])c4[2H])cc(-n4c5ccccc5c5ccccc54)c2C#N)c2cc(-n4c5ccccc5c5ccc(-c6ccccc6)cc54)cc4c2B3c2ccc(-n3c5ccc(C(C)(C)C)cc5c5cc(C(C)(C)C)ccc53)cc2N4c2ccc(C#N)c(-n3c4ccccc4c4ccccc43)c2)c([2H])c1[2H]. The minimum atomic E-state index is -0.749. The van der Waals surface area contributed by atoms with Crippen LogP contribution < -0.4 is 26.2 Å². The average Bonchev–Trinajstić information content (AvgIpc) is 1.24. The molecule has 0 fully saturated rings. The van der Waals surface area contributed by atoms with Crippen molar-refractivity contribution >= 4 is 144 Å². The summed E-state index contributed by atoms with van der Waals surface area (Å²) in [6, 6.07) is 97.8. The van der Waals surface area contributed by atoms with Crippen molar-refractivity contribution in [2.45, 2.75) is 52.4 Å². The zero-order valence-electron chi connectivity index (χ0n) is 73.8. The van der Waals surface area contributed by atoms with E-state index in [1.807, 2.05) is 143 Å². The van der Waals surface area contributed by atoms with Crippen LogP contribution in [-0.4, -0.2) is 25.0 Å². The number of nitriles is 2. The maximum Gasteiger partial charge on any atom is 0.252 e. The monoisotopic (exact) mass is 1480 g/mol. The van der Waals surface area contributed by atoms with E-state index in [4.69, 9.17) is 2.74 Å². The van der Waals surface area contributed by atoms with Crippen LogP contribution in [0.5, 0.6) is 0 Å². The molecule has 0 aliphatic carbocycles. The molecule has 0 spiro atoms. The third-order valence-electron chi connectivity index (χ3n) is 23.9. The van der Waals surface area contributed by atoms with Crippen LogP contribution in [0.15, 0.2) is 346 Å². The van der Waals surface area contributed by atoms with E-state index in [-0.39, 0.29) is 44.3 Å². The fourth-order valence-corrected chi connectivity index (χ4v) is 18.5. The third kappa shape index (κ3) is 10.3. The second kappa shape index (κ2) is 25.4. The lowest BCUT2D eigenvalue weighted by atomic mass is 9.33. The highest BCUT2D eigenvalue weighted by Gasteiger charge is 2.46. The minimum absolute atomic E-state index is 0.0620. The van der Waals surface area contributed by atoms with Gasteiger partial charge in [-0.2, -0.15) is 10.5 Å². The van der Waals surface area contributed by atoms with Gasteiger partial charge in [0.2, 0.25) is 0 Å². The Balaban J connectivity index is 0.938. The molecule has 22 rings (SSSR count). The highest BCUT2D eigenvalue weighted by molar-refractivity contribution is 7.00. The molecular formula is C106H75BN8. The number of anilines is 6. The second-order valence-electron chi connectivity index (χ2n) is 32.3. The van der Waals surface area contributed by atoms with Crippen molar-refractivity contribution in [3.05, 3.63) is 368 Å². The molecule has 115 heavy (non-hydrogen) atoms. The van der Waals surface area contributed by atoms with Crippen LogP contribution in [0.2, 0.25) is 0 Å². The zero-order valence-corrected chi connectivity index (χ0v) is 63.8. The van der Waals surface area contributed by atoms with E-state index in [0.29, 0.717) is 50.8 Å². The first-order valence-corrected chi connectivity index (χ1v) is 38.9. The van der Waals surface area contributed by atoms with Crippen LogP contribution in [-0.2, 0) is 10.8 Å². The molecular weight excluding hydrogens is 1400 g/mol. The molecule has 0 radical (unpaired) electrons. The molecule has 0 atom stereocenters. The van der Waals surface area contributed by atoms with Gasteiger partial charge in [0.15, 0.2) is 0 Å². The lowest BCUT2D eigenvalue weighted by Crippen LogP contribution is -2.61. The molecule has 2 aliphatic rings. The highest BCUT2D eigenvalue weighted by Crippen LogP contribution is 2.52. The smallest absolute Gasteiger partial charge is 0.252 e. The van der Waals surface area contributed by atoms with E-state index < -0.39 is 67.1 Å². The average molecular weight is 1480 g/mol. The summed E-state index contributed by atoms with van der Waals surface area (Å²) in [5, 5.41) is 32.5. The highest BCUT2D eigenvalue weighted by atomic mass is 15.2. The van der Waals surface area contributed by atoms with E-state index in [1.54, 1.807) is 12.1 Å². The topological polar surface area (TPSA) is 73.8 Å². The largest absolute Gasteiger partial charge is 0.311 e. The van der Waals surface area contributed by atoms with Gasteiger partial charge < -0.3 is 28.1 Å². The van der Waals surface area contributed by atoms with Crippen molar-refractivity contribution in [1.82, 2.24) is 18.3 Å². The number of aromatic nitrogens is 4. The molecule has 0 bridgehead atoms. The van der Waals surface area contributed by atoms with Crippen molar-refractivity contribution in [3.63, 3.8) is 0 Å². The van der Waals surface area contributed by atoms with Gasteiger partial charge in [0.05, 0.1) is 86.2 Å². The second-order valence-corrected chi connectivity index (χ2v) is 32.3. The number of benzene rings is 16. The third-order valence-corrected chi connectivity index (χ3v) is 23.9. The summed E-state index contributed by atoms with van der Waals surface area (Å²) < 4.78 is 103. The Morgan fingerprint density at radius 1 is 0.278 bits per heavy atom. The number of fused-ring (bicyclic) bond motifs is 16. The summed E-state index contributed by atoms with van der Waals surface area (Å²) in [5.41, 5.74) is 19.8. The maximum atomic E-state index is 12.9. The fraction of sp³-hybridized carbons (Fsp3) is 0.0755. The van der Waals surface area contributed by atoms with Crippen molar-refractivity contribution < 1.29 is 13.7 Å². The summed E-state index contributed by atoms with van der Waals surface area (Å²) in [5.74, 6) is 0. The Kier molecular flexibility index (Phi) is 12.7.